The molecule has 0 saturated heterocycles. The van der Waals surface area contributed by atoms with Gasteiger partial charge in [-0.15, -0.1) is 0 Å². The number of carbonyl (C=O) groups excluding carboxylic acids is 1. The van der Waals surface area contributed by atoms with Crippen LogP contribution in [-0.4, -0.2) is 50.0 Å². The number of nitrogens with zero attached hydrogens (tertiary/aromatic N) is 4. The van der Waals surface area contributed by atoms with Crippen molar-refractivity contribution < 1.29 is 14.3 Å². The van der Waals surface area contributed by atoms with E-state index < -0.39 is 11.2 Å². The molecular weight excluding hydrogens is 470 g/mol. The van der Waals surface area contributed by atoms with Gasteiger partial charge >= 0.3 is 5.69 Å². The number of aryl methyl sites for hydroxylation is 1. The van der Waals surface area contributed by atoms with Gasteiger partial charge in [0.05, 0.1) is 12.3 Å². The van der Waals surface area contributed by atoms with Crippen LogP contribution in [0.1, 0.15) is 38.9 Å². The lowest BCUT2D eigenvalue weighted by Gasteiger charge is -2.26. The van der Waals surface area contributed by atoms with Gasteiger partial charge in [0.15, 0.2) is 17.1 Å². The lowest BCUT2D eigenvalue weighted by atomic mass is 10.2. The van der Waals surface area contributed by atoms with Crippen molar-refractivity contribution in [2.45, 2.75) is 50.8 Å². The van der Waals surface area contributed by atoms with Gasteiger partial charge in [0, 0.05) is 19.5 Å². The molecule has 3 heterocycles. The number of benzene rings is 1. The molecule has 11 heteroatoms. The smallest absolute Gasteiger partial charge is 0.332 e. The fourth-order valence-electron chi connectivity index (χ4n) is 3.72. The van der Waals surface area contributed by atoms with E-state index in [2.05, 4.69) is 15.3 Å². The predicted molar refractivity (Wildman–Crippen MR) is 134 cm³/mol. The number of fused-ring (bicyclic) bond motifs is 2. The number of rotatable bonds is 8. The summed E-state index contributed by atoms with van der Waals surface area (Å²) in [7, 11) is 1.44. The molecule has 186 valence electrons. The van der Waals surface area contributed by atoms with Crippen LogP contribution in [0.4, 0.5) is 0 Å². The van der Waals surface area contributed by atoms with Gasteiger partial charge < -0.3 is 14.8 Å². The van der Waals surface area contributed by atoms with Gasteiger partial charge in [-0.1, -0.05) is 44.7 Å². The fraction of sp³-hybridized carbons (Fsp3) is 0.458. The fourth-order valence-corrected chi connectivity index (χ4v) is 4.57. The second-order valence-corrected chi connectivity index (χ2v) is 9.59. The van der Waals surface area contributed by atoms with Gasteiger partial charge in [-0.25, -0.2) is 14.8 Å². The van der Waals surface area contributed by atoms with Crippen LogP contribution in [-0.2, 0) is 18.4 Å². The molecule has 1 amide bonds. The van der Waals surface area contributed by atoms with E-state index in [-0.39, 0.29) is 35.6 Å². The van der Waals surface area contributed by atoms with Gasteiger partial charge in [-0.3, -0.25) is 18.7 Å². The average molecular weight is 500 g/mol. The average Bonchev–Trinajstić information content (AvgIpc) is 2.86. The first-order chi connectivity index (χ1) is 16.8. The van der Waals surface area contributed by atoms with Crippen molar-refractivity contribution in [3.05, 3.63) is 50.9 Å². The summed E-state index contributed by atoms with van der Waals surface area (Å²) in [5, 5.41) is 3.51. The SMILES string of the molecule is CCCn1c(=O)n(C)c(=O)c2c(SCC(=O)NC[C@@H]3COc4ccccc4O3)nc(C(C)C)nc21. The van der Waals surface area contributed by atoms with Crippen molar-refractivity contribution >= 4 is 28.7 Å². The molecule has 0 unspecified atom stereocenters. The Hall–Kier alpha value is -3.34. The van der Waals surface area contributed by atoms with Crippen LogP contribution < -0.4 is 26.0 Å². The summed E-state index contributed by atoms with van der Waals surface area (Å²) in [6, 6.07) is 7.40. The molecule has 1 aliphatic rings. The molecule has 0 spiro atoms. The Morgan fingerprint density at radius 1 is 1.23 bits per heavy atom. The maximum Gasteiger partial charge on any atom is 0.332 e. The van der Waals surface area contributed by atoms with Gasteiger partial charge in [-0.2, -0.15) is 0 Å². The molecule has 1 N–H and O–H groups in total. The molecule has 0 saturated carbocycles. The van der Waals surface area contributed by atoms with Crippen LogP contribution in [0.5, 0.6) is 11.5 Å². The zero-order valence-corrected chi connectivity index (χ0v) is 21.1. The van der Waals surface area contributed by atoms with Crippen molar-refractivity contribution in [3.8, 4) is 11.5 Å². The number of carbonyl (C=O) groups is 1. The van der Waals surface area contributed by atoms with Gasteiger partial charge in [-0.05, 0) is 18.6 Å². The summed E-state index contributed by atoms with van der Waals surface area (Å²) in [5.41, 5.74) is -0.572. The number of hydrogen-bond donors (Lipinski definition) is 1. The third-order valence-corrected chi connectivity index (χ3v) is 6.54. The first-order valence-corrected chi connectivity index (χ1v) is 12.6. The standard InChI is InChI=1S/C24H29N5O5S/c1-5-10-29-21-19(23(31)28(4)24(29)32)22(27-20(26-21)14(2)3)35-13-18(30)25-11-15-12-33-16-8-6-7-9-17(16)34-15/h6-9,14-15H,5,10-13H2,1-4H3,(H,25,30)/t15-/m1/s1. The molecule has 1 atom stereocenters. The van der Waals surface area contributed by atoms with E-state index in [4.69, 9.17) is 9.47 Å². The number of thioether (sulfide) groups is 1. The van der Waals surface area contributed by atoms with Gasteiger partial charge in [0.1, 0.15) is 28.9 Å². The number of hydrogen-bond acceptors (Lipinski definition) is 8. The first kappa shape index (κ1) is 24.8. The second-order valence-electron chi connectivity index (χ2n) is 8.63. The van der Waals surface area contributed by atoms with E-state index in [1.807, 2.05) is 45.0 Å². The molecule has 10 nitrogen and oxygen atoms in total. The summed E-state index contributed by atoms with van der Waals surface area (Å²) in [5.74, 6) is 1.65. The Balaban J connectivity index is 1.53. The van der Waals surface area contributed by atoms with Crippen LogP contribution >= 0.6 is 11.8 Å². The number of amides is 1. The Morgan fingerprint density at radius 3 is 2.69 bits per heavy atom. The maximum absolute atomic E-state index is 13.0. The molecule has 0 aliphatic carbocycles. The Labute approximate surface area is 206 Å². The Bertz CT molecular complexity index is 1370. The van der Waals surface area contributed by atoms with Crippen LogP contribution in [0.25, 0.3) is 11.0 Å². The molecule has 0 radical (unpaired) electrons. The zero-order chi connectivity index (χ0) is 25.1. The van der Waals surface area contributed by atoms with Crippen molar-refractivity contribution in [2.24, 2.45) is 7.05 Å². The van der Waals surface area contributed by atoms with E-state index in [1.54, 1.807) is 0 Å². The molecular formula is C24H29N5O5S. The highest BCUT2D eigenvalue weighted by Crippen LogP contribution is 2.30. The highest BCUT2D eigenvalue weighted by molar-refractivity contribution is 8.00. The number of para-hydroxylation sites is 2. The van der Waals surface area contributed by atoms with E-state index in [9.17, 15) is 14.4 Å². The summed E-state index contributed by atoms with van der Waals surface area (Å²) in [6.45, 7) is 6.88. The minimum absolute atomic E-state index is 0.0202. The minimum Gasteiger partial charge on any atom is -0.486 e. The van der Waals surface area contributed by atoms with Gasteiger partial charge in [0.2, 0.25) is 5.91 Å². The second kappa shape index (κ2) is 10.5. The van der Waals surface area contributed by atoms with Gasteiger partial charge in [0.25, 0.3) is 5.56 Å². The van der Waals surface area contributed by atoms with Crippen LogP contribution in [0.2, 0.25) is 0 Å². The first-order valence-electron chi connectivity index (χ1n) is 11.6. The van der Waals surface area contributed by atoms with Crippen molar-refractivity contribution in [1.82, 2.24) is 24.4 Å². The Morgan fingerprint density at radius 2 is 1.97 bits per heavy atom. The molecule has 2 aromatic heterocycles. The van der Waals surface area contributed by atoms with E-state index in [0.29, 0.717) is 47.6 Å². The predicted octanol–water partition coefficient (Wildman–Crippen LogP) is 2.07. The normalized spacial score (nSPS) is 14.9. The highest BCUT2D eigenvalue weighted by Gasteiger charge is 2.23. The van der Waals surface area contributed by atoms with E-state index in [0.717, 1.165) is 16.3 Å². The van der Waals surface area contributed by atoms with Crippen molar-refractivity contribution in [3.63, 3.8) is 0 Å². The largest absolute Gasteiger partial charge is 0.486 e. The van der Waals surface area contributed by atoms with Crippen LogP contribution in [0.3, 0.4) is 0 Å². The highest BCUT2D eigenvalue weighted by atomic mass is 32.2. The van der Waals surface area contributed by atoms with E-state index in [1.165, 1.54) is 11.6 Å². The molecule has 0 fully saturated rings. The maximum atomic E-state index is 13.0. The van der Waals surface area contributed by atoms with Crippen LogP contribution in [0.15, 0.2) is 38.9 Å². The summed E-state index contributed by atoms with van der Waals surface area (Å²) in [6.07, 6.45) is 0.401. The summed E-state index contributed by atoms with van der Waals surface area (Å²) in [4.78, 5) is 47.5. The lowest BCUT2D eigenvalue weighted by Crippen LogP contribution is -2.41. The quantitative estimate of drug-likeness (QED) is 0.370. The lowest BCUT2D eigenvalue weighted by molar-refractivity contribution is -0.119. The van der Waals surface area contributed by atoms with E-state index >= 15 is 0 Å². The van der Waals surface area contributed by atoms with Crippen LogP contribution in [0, 0.1) is 0 Å². The van der Waals surface area contributed by atoms with Crippen molar-refractivity contribution in [1.29, 1.82) is 0 Å². The molecule has 35 heavy (non-hydrogen) atoms. The third kappa shape index (κ3) is 5.19. The molecule has 1 aromatic carbocycles. The molecule has 1 aliphatic heterocycles. The number of ether oxygens (including phenoxy) is 2. The topological polar surface area (TPSA) is 117 Å². The molecule has 3 aromatic rings. The Kier molecular flexibility index (Phi) is 7.44. The van der Waals surface area contributed by atoms with Crippen molar-refractivity contribution in [2.75, 3.05) is 18.9 Å². The number of nitrogens with one attached hydrogen (secondary N) is 1. The summed E-state index contributed by atoms with van der Waals surface area (Å²) < 4.78 is 14.1. The monoisotopic (exact) mass is 499 g/mol. The number of aromatic nitrogens is 4. The minimum atomic E-state index is -0.470. The molecule has 4 rings (SSSR count). The summed E-state index contributed by atoms with van der Waals surface area (Å²) >= 11 is 1.16. The molecule has 0 bridgehead atoms. The zero-order valence-electron chi connectivity index (χ0n) is 20.2. The third-order valence-electron chi connectivity index (χ3n) is 5.56.